The van der Waals surface area contributed by atoms with Crippen LogP contribution >= 0.6 is 0 Å². The lowest BCUT2D eigenvalue weighted by molar-refractivity contribution is 0.307. The number of aromatic amines is 1. The Morgan fingerprint density at radius 1 is 1.67 bits per heavy atom. The lowest BCUT2D eigenvalue weighted by atomic mass is 10.0. The molecule has 1 aromatic heterocycles. The molecule has 96 valence electrons. The fourth-order valence-corrected chi connectivity index (χ4v) is 2.27. The molecule has 0 radical (unpaired) electrons. The van der Waals surface area contributed by atoms with Crippen molar-refractivity contribution in [1.29, 1.82) is 5.26 Å². The lowest BCUT2D eigenvalue weighted by Gasteiger charge is -2.25. The number of H-pyrrole nitrogens is 1. The number of pyridine rings is 1. The molecule has 2 heterocycles. The third kappa shape index (κ3) is 2.61. The van der Waals surface area contributed by atoms with Gasteiger partial charge in [0.15, 0.2) is 0 Å². The smallest absolute Gasteiger partial charge is 0.251 e. The molecule has 0 aliphatic carbocycles. The van der Waals surface area contributed by atoms with E-state index in [0.29, 0.717) is 12.0 Å². The molecule has 0 fully saturated rings. The summed E-state index contributed by atoms with van der Waals surface area (Å²) in [5.74, 6) is 0. The fraction of sp³-hybridized carbons (Fsp3) is 0.538. The third-order valence-electron chi connectivity index (χ3n) is 3.41. The number of rotatable bonds is 3. The molecule has 1 unspecified atom stereocenters. The van der Waals surface area contributed by atoms with Gasteiger partial charge < -0.3 is 15.2 Å². The van der Waals surface area contributed by atoms with Crippen LogP contribution in [0.4, 0.5) is 0 Å². The van der Waals surface area contributed by atoms with E-state index < -0.39 is 0 Å². The first kappa shape index (κ1) is 12.8. The quantitative estimate of drug-likeness (QED) is 0.788. The van der Waals surface area contributed by atoms with E-state index in [1.807, 2.05) is 13.1 Å². The zero-order valence-corrected chi connectivity index (χ0v) is 10.8. The van der Waals surface area contributed by atoms with Crippen LogP contribution in [0.1, 0.15) is 16.8 Å². The van der Waals surface area contributed by atoms with Crippen LogP contribution in [0.5, 0.6) is 0 Å². The molecule has 5 nitrogen and oxygen atoms in total. The van der Waals surface area contributed by atoms with Crippen molar-refractivity contribution in [2.45, 2.75) is 25.4 Å². The van der Waals surface area contributed by atoms with Crippen LogP contribution in [-0.2, 0) is 19.4 Å². The predicted molar refractivity (Wildman–Crippen MR) is 69.3 cm³/mol. The van der Waals surface area contributed by atoms with Gasteiger partial charge in [0, 0.05) is 30.8 Å². The first-order chi connectivity index (χ1) is 8.63. The van der Waals surface area contributed by atoms with Crippen LogP contribution in [0.3, 0.4) is 0 Å². The van der Waals surface area contributed by atoms with Crippen LogP contribution in [0.2, 0.25) is 0 Å². The van der Waals surface area contributed by atoms with Gasteiger partial charge in [0.25, 0.3) is 5.56 Å². The maximum absolute atomic E-state index is 12.0. The van der Waals surface area contributed by atoms with E-state index in [9.17, 15) is 4.79 Å². The highest BCUT2D eigenvalue weighted by Crippen LogP contribution is 2.15. The lowest BCUT2D eigenvalue weighted by Crippen LogP contribution is -2.32. The van der Waals surface area contributed by atoms with E-state index in [2.05, 4.69) is 21.3 Å². The van der Waals surface area contributed by atoms with Gasteiger partial charge in [0.2, 0.25) is 0 Å². The topological polar surface area (TPSA) is 71.9 Å². The Labute approximate surface area is 106 Å². The van der Waals surface area contributed by atoms with Gasteiger partial charge in [0.1, 0.15) is 0 Å². The predicted octanol–water partition coefficient (Wildman–Crippen LogP) is 0.0169. The number of nitrogens with zero attached hydrogens (tertiary/aromatic N) is 2. The summed E-state index contributed by atoms with van der Waals surface area (Å²) in [6, 6.07) is 3.79. The maximum Gasteiger partial charge on any atom is 0.251 e. The summed E-state index contributed by atoms with van der Waals surface area (Å²) >= 11 is 0. The Balaban J connectivity index is 2.29. The van der Waals surface area contributed by atoms with Crippen molar-refractivity contribution >= 4 is 0 Å². The third-order valence-corrected chi connectivity index (χ3v) is 3.41. The van der Waals surface area contributed by atoms with E-state index in [-0.39, 0.29) is 11.6 Å². The van der Waals surface area contributed by atoms with Gasteiger partial charge in [-0.05, 0) is 32.1 Å². The summed E-state index contributed by atoms with van der Waals surface area (Å²) in [5, 5.41) is 11.8. The van der Waals surface area contributed by atoms with E-state index in [4.69, 9.17) is 5.26 Å². The van der Waals surface area contributed by atoms with Crippen molar-refractivity contribution in [3.63, 3.8) is 0 Å². The second-order valence-corrected chi connectivity index (χ2v) is 4.79. The van der Waals surface area contributed by atoms with E-state index in [1.54, 1.807) is 7.05 Å². The van der Waals surface area contributed by atoms with Crippen molar-refractivity contribution in [2.24, 2.45) is 0 Å². The average molecular weight is 246 g/mol. The Bertz CT molecular complexity index is 529. The molecule has 0 aromatic carbocycles. The standard InChI is InChI=1S/C13H18N4O/c1-15-11(7-14)6-10-5-9-3-4-17(2)8-12(9)16-13(10)18/h5,11,15H,3-4,6,8H2,1-2H3,(H,16,18). The maximum atomic E-state index is 12.0. The first-order valence-corrected chi connectivity index (χ1v) is 6.13. The minimum Gasteiger partial charge on any atom is -0.324 e. The second-order valence-electron chi connectivity index (χ2n) is 4.79. The van der Waals surface area contributed by atoms with Crippen molar-refractivity contribution in [3.8, 4) is 6.07 Å². The van der Waals surface area contributed by atoms with Crippen molar-refractivity contribution < 1.29 is 0 Å². The largest absolute Gasteiger partial charge is 0.324 e. The number of hydrogen-bond acceptors (Lipinski definition) is 4. The summed E-state index contributed by atoms with van der Waals surface area (Å²) in [7, 11) is 3.78. The Morgan fingerprint density at radius 2 is 2.44 bits per heavy atom. The number of nitrogens with one attached hydrogen (secondary N) is 2. The zero-order valence-electron chi connectivity index (χ0n) is 10.8. The Kier molecular flexibility index (Phi) is 3.80. The summed E-state index contributed by atoms with van der Waals surface area (Å²) in [5.41, 5.74) is 2.84. The van der Waals surface area contributed by atoms with Gasteiger partial charge in [-0.3, -0.25) is 4.79 Å². The van der Waals surface area contributed by atoms with Crippen LogP contribution in [0.25, 0.3) is 0 Å². The SMILES string of the molecule is CNC(C#N)Cc1cc2c([nH]c1=O)CN(C)CC2. The summed E-state index contributed by atoms with van der Waals surface area (Å²) < 4.78 is 0. The van der Waals surface area contributed by atoms with Crippen LogP contribution in [-0.4, -0.2) is 36.6 Å². The molecule has 1 aliphatic rings. The molecule has 1 aliphatic heterocycles. The average Bonchev–Trinajstić information content (AvgIpc) is 2.36. The number of nitriles is 1. The molecule has 5 heteroatoms. The van der Waals surface area contributed by atoms with Gasteiger partial charge in [-0.15, -0.1) is 0 Å². The monoisotopic (exact) mass is 246 g/mol. The molecular weight excluding hydrogens is 228 g/mol. The molecule has 1 aromatic rings. The Hall–Kier alpha value is -1.64. The molecule has 1 atom stereocenters. The van der Waals surface area contributed by atoms with Crippen LogP contribution in [0.15, 0.2) is 10.9 Å². The molecule has 2 rings (SSSR count). The van der Waals surface area contributed by atoms with Crippen LogP contribution < -0.4 is 10.9 Å². The fourth-order valence-electron chi connectivity index (χ4n) is 2.27. The van der Waals surface area contributed by atoms with Crippen molar-refractivity contribution in [1.82, 2.24) is 15.2 Å². The second kappa shape index (κ2) is 5.34. The zero-order chi connectivity index (χ0) is 13.1. The summed E-state index contributed by atoms with van der Waals surface area (Å²) in [4.78, 5) is 17.1. The summed E-state index contributed by atoms with van der Waals surface area (Å²) in [6.45, 7) is 1.80. The highest BCUT2D eigenvalue weighted by Gasteiger charge is 2.17. The number of likely N-dealkylation sites (N-methyl/N-ethyl adjacent to an activating group) is 2. The minimum atomic E-state index is -0.310. The molecular formula is C13H18N4O. The highest BCUT2D eigenvalue weighted by atomic mass is 16.1. The van der Waals surface area contributed by atoms with E-state index in [1.165, 1.54) is 5.56 Å². The summed E-state index contributed by atoms with van der Waals surface area (Å²) in [6.07, 6.45) is 1.40. The van der Waals surface area contributed by atoms with Crippen molar-refractivity contribution in [3.05, 3.63) is 33.2 Å². The highest BCUT2D eigenvalue weighted by molar-refractivity contribution is 5.28. The van der Waals surface area contributed by atoms with Gasteiger partial charge >= 0.3 is 0 Å². The normalized spacial score (nSPS) is 16.9. The minimum absolute atomic E-state index is 0.0699. The molecule has 0 saturated heterocycles. The molecule has 0 amide bonds. The molecule has 0 saturated carbocycles. The van der Waals surface area contributed by atoms with Gasteiger partial charge in [0.05, 0.1) is 12.1 Å². The van der Waals surface area contributed by atoms with Gasteiger partial charge in [-0.1, -0.05) is 0 Å². The van der Waals surface area contributed by atoms with Crippen molar-refractivity contribution in [2.75, 3.05) is 20.6 Å². The van der Waals surface area contributed by atoms with Gasteiger partial charge in [-0.25, -0.2) is 0 Å². The van der Waals surface area contributed by atoms with E-state index >= 15 is 0 Å². The number of fused-ring (bicyclic) bond motifs is 1. The first-order valence-electron chi connectivity index (χ1n) is 6.13. The molecule has 18 heavy (non-hydrogen) atoms. The van der Waals surface area contributed by atoms with Crippen LogP contribution in [0, 0.1) is 11.3 Å². The number of aromatic nitrogens is 1. The van der Waals surface area contributed by atoms with Gasteiger partial charge in [-0.2, -0.15) is 5.26 Å². The van der Waals surface area contributed by atoms with E-state index in [0.717, 1.165) is 25.2 Å². The number of hydrogen-bond donors (Lipinski definition) is 2. The molecule has 0 spiro atoms. The molecule has 0 bridgehead atoms. The molecule has 2 N–H and O–H groups in total. The Morgan fingerprint density at radius 3 is 3.11 bits per heavy atom.